The lowest BCUT2D eigenvalue weighted by Gasteiger charge is -2.43. The molecule has 0 aromatic heterocycles. The van der Waals surface area contributed by atoms with Crippen LogP contribution in [0.4, 0.5) is 0 Å². The van der Waals surface area contributed by atoms with Crippen molar-refractivity contribution in [2.45, 2.75) is 26.4 Å². The van der Waals surface area contributed by atoms with Gasteiger partial charge < -0.3 is 4.43 Å². The summed E-state index contributed by atoms with van der Waals surface area (Å²) in [4.78, 5) is 0. The van der Waals surface area contributed by atoms with Gasteiger partial charge in [0.15, 0.2) is 8.31 Å². The van der Waals surface area contributed by atoms with E-state index >= 15 is 0 Å². The minimum atomic E-state index is -2.69. The van der Waals surface area contributed by atoms with Crippen molar-refractivity contribution in [3.05, 3.63) is 121 Å². The minimum Gasteiger partial charge on any atom is -0.405 e. The molecule has 0 atom stereocenters. The third kappa shape index (κ3) is 4.64. The van der Waals surface area contributed by atoms with E-state index in [1.165, 1.54) is 20.7 Å². The molecule has 0 saturated heterocycles. The second-order valence-corrected chi connectivity index (χ2v) is 17.0. The van der Waals surface area contributed by atoms with E-state index in [0.717, 1.165) is 0 Å². The smallest absolute Gasteiger partial charge is 0.249 e. The SMILES string of the molecule is CC(C)(C)O[Si](c1ccccc1)(c1ccccc1)[Si](c1ccccc1)c1ccccc1. The van der Waals surface area contributed by atoms with Gasteiger partial charge in [0.25, 0.3) is 0 Å². The summed E-state index contributed by atoms with van der Waals surface area (Å²) in [7, 11) is -4.01. The molecule has 0 saturated carbocycles. The van der Waals surface area contributed by atoms with Crippen molar-refractivity contribution < 1.29 is 4.43 Å². The summed E-state index contributed by atoms with van der Waals surface area (Å²) in [5.41, 5.74) is -0.280. The molecule has 4 aromatic carbocycles. The van der Waals surface area contributed by atoms with Crippen LogP contribution in [-0.2, 0) is 4.43 Å². The third-order valence-electron chi connectivity index (χ3n) is 5.30. The van der Waals surface area contributed by atoms with Gasteiger partial charge in [0.1, 0.15) is 0 Å². The lowest BCUT2D eigenvalue weighted by molar-refractivity contribution is 0.132. The first-order chi connectivity index (χ1) is 15.0. The van der Waals surface area contributed by atoms with Gasteiger partial charge in [-0.25, -0.2) is 0 Å². The van der Waals surface area contributed by atoms with E-state index in [1.54, 1.807) is 0 Å². The van der Waals surface area contributed by atoms with E-state index in [9.17, 15) is 0 Å². The van der Waals surface area contributed by atoms with Crippen molar-refractivity contribution in [3.8, 4) is 0 Å². The Bertz CT molecular complexity index is 996. The van der Waals surface area contributed by atoms with Crippen LogP contribution < -0.4 is 20.7 Å². The van der Waals surface area contributed by atoms with Gasteiger partial charge in [-0.1, -0.05) is 132 Å². The molecule has 0 spiro atoms. The lowest BCUT2D eigenvalue weighted by Crippen LogP contribution is -2.79. The largest absolute Gasteiger partial charge is 0.405 e. The summed E-state index contributed by atoms with van der Waals surface area (Å²) in [6.07, 6.45) is 0. The molecule has 0 aliphatic heterocycles. The quantitative estimate of drug-likeness (QED) is 0.415. The number of hydrogen-bond donors (Lipinski definition) is 0. The van der Waals surface area contributed by atoms with Gasteiger partial charge in [-0.05, 0) is 31.1 Å². The molecule has 0 N–H and O–H groups in total. The minimum absolute atomic E-state index is 0.280. The first-order valence-corrected chi connectivity index (χ1v) is 15.2. The Morgan fingerprint density at radius 1 is 0.516 bits per heavy atom. The van der Waals surface area contributed by atoms with Gasteiger partial charge in [0.05, 0.1) is 0 Å². The second-order valence-electron chi connectivity index (χ2n) is 8.73. The Morgan fingerprint density at radius 3 is 1.16 bits per heavy atom. The van der Waals surface area contributed by atoms with Crippen LogP contribution in [0.25, 0.3) is 0 Å². The zero-order chi connectivity index (χ0) is 21.7. The predicted molar refractivity (Wildman–Crippen MR) is 137 cm³/mol. The fourth-order valence-electron chi connectivity index (χ4n) is 4.21. The molecule has 0 unspecified atom stereocenters. The van der Waals surface area contributed by atoms with Gasteiger partial charge in [-0.2, -0.15) is 0 Å². The molecule has 1 nitrogen and oxygen atoms in total. The van der Waals surface area contributed by atoms with Gasteiger partial charge in [-0.3, -0.25) is 0 Å². The average Bonchev–Trinajstić information content (AvgIpc) is 2.80. The molecule has 0 aliphatic carbocycles. The highest BCUT2D eigenvalue weighted by Gasteiger charge is 2.52. The first kappa shape index (κ1) is 21.5. The Morgan fingerprint density at radius 2 is 0.839 bits per heavy atom. The van der Waals surface area contributed by atoms with Crippen molar-refractivity contribution in [1.29, 1.82) is 0 Å². The van der Waals surface area contributed by atoms with Crippen LogP contribution in [0, 0.1) is 0 Å². The van der Waals surface area contributed by atoms with Crippen LogP contribution in [0.5, 0.6) is 0 Å². The standard InChI is InChI=1S/C28H29OSi2/c1-28(2,3)29-31(26-20-12-6-13-21-26,27-22-14-7-15-23-27)30(24-16-8-4-9-17-24)25-18-10-5-11-19-25/h4-23H,1-3H3. The Labute approximate surface area is 188 Å². The Balaban J connectivity index is 2.10. The molecular weight excluding hydrogens is 408 g/mol. The number of benzene rings is 4. The highest BCUT2D eigenvalue weighted by Crippen LogP contribution is 2.21. The molecule has 0 fully saturated rings. The van der Waals surface area contributed by atoms with Gasteiger partial charge in [0.2, 0.25) is 7.83 Å². The fourth-order valence-corrected chi connectivity index (χ4v) is 17.3. The van der Waals surface area contributed by atoms with Crippen LogP contribution in [-0.4, -0.2) is 21.8 Å². The van der Waals surface area contributed by atoms with Gasteiger partial charge in [0, 0.05) is 5.60 Å². The average molecular weight is 438 g/mol. The highest BCUT2D eigenvalue weighted by atomic mass is 29.2. The van der Waals surface area contributed by atoms with Crippen LogP contribution in [0.2, 0.25) is 0 Å². The molecule has 4 aromatic rings. The second kappa shape index (κ2) is 9.19. The molecule has 0 bridgehead atoms. The summed E-state index contributed by atoms with van der Waals surface area (Å²) in [5.74, 6) is 0. The van der Waals surface area contributed by atoms with Gasteiger partial charge in [-0.15, -0.1) is 0 Å². The fraction of sp³-hybridized carbons (Fsp3) is 0.143. The van der Waals surface area contributed by atoms with Gasteiger partial charge >= 0.3 is 0 Å². The molecule has 31 heavy (non-hydrogen) atoms. The van der Waals surface area contributed by atoms with E-state index < -0.39 is 16.1 Å². The molecule has 0 heterocycles. The van der Waals surface area contributed by atoms with Crippen LogP contribution in [0.3, 0.4) is 0 Å². The van der Waals surface area contributed by atoms with E-state index in [4.69, 9.17) is 4.43 Å². The summed E-state index contributed by atoms with van der Waals surface area (Å²) < 4.78 is 7.35. The van der Waals surface area contributed by atoms with Crippen molar-refractivity contribution in [2.75, 3.05) is 0 Å². The normalized spacial score (nSPS) is 12.1. The van der Waals surface area contributed by atoms with E-state index in [-0.39, 0.29) is 5.60 Å². The summed E-state index contributed by atoms with van der Waals surface area (Å²) >= 11 is 0. The van der Waals surface area contributed by atoms with E-state index in [2.05, 4.69) is 142 Å². The highest BCUT2D eigenvalue weighted by molar-refractivity contribution is 7.49. The maximum Gasteiger partial charge on any atom is 0.249 e. The van der Waals surface area contributed by atoms with Crippen molar-refractivity contribution in [3.63, 3.8) is 0 Å². The van der Waals surface area contributed by atoms with Crippen molar-refractivity contribution in [2.24, 2.45) is 0 Å². The summed E-state index contributed by atoms with van der Waals surface area (Å²) in [6, 6.07) is 44.0. The molecule has 3 heteroatoms. The molecular formula is C28H29OSi2. The Hall–Kier alpha value is -2.73. The van der Waals surface area contributed by atoms with Crippen LogP contribution in [0.1, 0.15) is 20.8 Å². The molecule has 155 valence electrons. The molecule has 0 aliphatic rings. The monoisotopic (exact) mass is 437 g/mol. The number of hydrogen-bond acceptors (Lipinski definition) is 1. The van der Waals surface area contributed by atoms with Crippen LogP contribution >= 0.6 is 0 Å². The van der Waals surface area contributed by atoms with Crippen molar-refractivity contribution >= 4 is 36.9 Å². The Kier molecular flexibility index (Phi) is 6.37. The molecule has 4 rings (SSSR count). The van der Waals surface area contributed by atoms with Crippen molar-refractivity contribution in [1.82, 2.24) is 0 Å². The maximum absolute atomic E-state index is 7.35. The van der Waals surface area contributed by atoms with E-state index in [1.807, 2.05) is 0 Å². The zero-order valence-corrected chi connectivity index (χ0v) is 20.5. The zero-order valence-electron chi connectivity index (χ0n) is 18.5. The maximum atomic E-state index is 7.35. The number of rotatable bonds is 6. The predicted octanol–water partition coefficient (Wildman–Crippen LogP) is 3.95. The third-order valence-corrected chi connectivity index (χ3v) is 16.9. The van der Waals surface area contributed by atoms with Crippen LogP contribution in [0.15, 0.2) is 121 Å². The topological polar surface area (TPSA) is 9.23 Å². The first-order valence-electron chi connectivity index (χ1n) is 10.8. The molecule has 1 radical (unpaired) electrons. The molecule has 0 amide bonds. The van der Waals surface area contributed by atoms with E-state index in [0.29, 0.717) is 0 Å². The summed E-state index contributed by atoms with van der Waals surface area (Å²) in [5, 5.41) is 5.44. The lowest BCUT2D eigenvalue weighted by atomic mass is 10.2. The summed E-state index contributed by atoms with van der Waals surface area (Å²) in [6.45, 7) is 6.57.